The maximum atomic E-state index is 12.5. The number of carbonyl (C=O) groups is 1. The molecule has 1 atom stereocenters. The van der Waals surface area contributed by atoms with Crippen LogP contribution in [0.5, 0.6) is 0 Å². The van der Waals surface area contributed by atoms with Gasteiger partial charge in [0.2, 0.25) is 5.91 Å². The molecule has 3 rings (SSSR count). The molecule has 26 heavy (non-hydrogen) atoms. The first-order valence-corrected chi connectivity index (χ1v) is 10.7. The zero-order valence-corrected chi connectivity index (χ0v) is 16.6. The lowest BCUT2D eigenvalue weighted by Gasteiger charge is -2.12. The zero-order valence-electron chi connectivity index (χ0n) is 15.0. The van der Waals surface area contributed by atoms with Crippen molar-refractivity contribution in [1.82, 2.24) is 9.78 Å². The summed E-state index contributed by atoms with van der Waals surface area (Å²) in [7, 11) is -2.99. The third-order valence-electron chi connectivity index (χ3n) is 4.91. The van der Waals surface area contributed by atoms with Gasteiger partial charge in [0.05, 0.1) is 29.7 Å². The smallest absolute Gasteiger partial charge is 0.228 e. The SMILES string of the molecule is Cc1nn(C2CCS(=O)(=O)C2)c(C)c1CC(=O)Nc1cccc(Cl)c1C. The van der Waals surface area contributed by atoms with Crippen molar-refractivity contribution in [2.75, 3.05) is 16.8 Å². The average molecular weight is 396 g/mol. The Labute approximate surface area is 158 Å². The Hall–Kier alpha value is -1.86. The van der Waals surface area contributed by atoms with E-state index in [1.807, 2.05) is 26.8 Å². The predicted molar refractivity (Wildman–Crippen MR) is 103 cm³/mol. The van der Waals surface area contributed by atoms with E-state index in [1.165, 1.54) is 0 Å². The van der Waals surface area contributed by atoms with Crippen LogP contribution in [0.4, 0.5) is 5.69 Å². The van der Waals surface area contributed by atoms with E-state index in [0.29, 0.717) is 17.1 Å². The number of hydrogen-bond acceptors (Lipinski definition) is 4. The van der Waals surface area contributed by atoms with E-state index in [9.17, 15) is 13.2 Å². The Kier molecular flexibility index (Phi) is 5.12. The lowest BCUT2D eigenvalue weighted by molar-refractivity contribution is -0.115. The quantitative estimate of drug-likeness (QED) is 0.862. The van der Waals surface area contributed by atoms with Crippen molar-refractivity contribution >= 4 is 33.0 Å². The summed E-state index contributed by atoms with van der Waals surface area (Å²) in [4.78, 5) is 12.5. The van der Waals surface area contributed by atoms with Gasteiger partial charge in [-0.05, 0) is 44.9 Å². The number of anilines is 1. The number of aryl methyl sites for hydroxylation is 1. The minimum atomic E-state index is -2.99. The Morgan fingerprint density at radius 3 is 2.73 bits per heavy atom. The van der Waals surface area contributed by atoms with Gasteiger partial charge in [0.25, 0.3) is 0 Å². The van der Waals surface area contributed by atoms with Crippen molar-refractivity contribution in [1.29, 1.82) is 0 Å². The molecular weight excluding hydrogens is 374 g/mol. The summed E-state index contributed by atoms with van der Waals surface area (Å²) in [6.45, 7) is 5.59. The molecule has 0 aliphatic carbocycles. The van der Waals surface area contributed by atoms with Gasteiger partial charge in [-0.2, -0.15) is 5.10 Å². The Bertz CT molecular complexity index is 966. The van der Waals surface area contributed by atoms with Crippen LogP contribution in [0, 0.1) is 20.8 Å². The van der Waals surface area contributed by atoms with Gasteiger partial charge in [0.15, 0.2) is 9.84 Å². The predicted octanol–water partition coefficient (Wildman–Crippen LogP) is 3.00. The molecule has 1 saturated heterocycles. The van der Waals surface area contributed by atoms with Gasteiger partial charge in [-0.25, -0.2) is 8.42 Å². The summed E-state index contributed by atoms with van der Waals surface area (Å²) in [5.41, 5.74) is 3.95. The molecule has 0 radical (unpaired) electrons. The van der Waals surface area contributed by atoms with E-state index in [-0.39, 0.29) is 29.9 Å². The fourth-order valence-corrected chi connectivity index (χ4v) is 5.24. The lowest BCUT2D eigenvalue weighted by Crippen LogP contribution is -2.17. The Morgan fingerprint density at radius 2 is 2.08 bits per heavy atom. The number of rotatable bonds is 4. The molecule has 1 unspecified atom stereocenters. The molecule has 2 heterocycles. The van der Waals surface area contributed by atoms with Crippen LogP contribution >= 0.6 is 11.6 Å². The van der Waals surface area contributed by atoms with Gasteiger partial charge >= 0.3 is 0 Å². The normalized spacial score (nSPS) is 18.8. The number of hydrogen-bond donors (Lipinski definition) is 1. The third kappa shape index (κ3) is 3.78. The number of nitrogens with one attached hydrogen (secondary N) is 1. The molecule has 0 bridgehead atoms. The molecule has 1 N–H and O–H groups in total. The number of sulfone groups is 1. The van der Waals surface area contributed by atoms with Crippen molar-refractivity contribution in [3.05, 3.63) is 45.7 Å². The molecular formula is C18H22ClN3O3S. The third-order valence-corrected chi connectivity index (χ3v) is 7.07. The molecule has 0 saturated carbocycles. The summed E-state index contributed by atoms with van der Waals surface area (Å²) >= 11 is 6.09. The van der Waals surface area contributed by atoms with Crippen LogP contribution in [0.15, 0.2) is 18.2 Å². The molecule has 8 heteroatoms. The Morgan fingerprint density at radius 1 is 1.35 bits per heavy atom. The second-order valence-corrected chi connectivity index (χ2v) is 9.42. The van der Waals surface area contributed by atoms with Crippen LogP contribution in [-0.4, -0.2) is 35.6 Å². The van der Waals surface area contributed by atoms with Gasteiger partial charge < -0.3 is 5.32 Å². The van der Waals surface area contributed by atoms with Crippen LogP contribution in [0.1, 0.15) is 35.0 Å². The molecule has 1 aromatic heterocycles. The summed E-state index contributed by atoms with van der Waals surface area (Å²) in [6.07, 6.45) is 0.751. The molecule has 140 valence electrons. The average Bonchev–Trinajstić information content (AvgIpc) is 3.05. The number of aromatic nitrogens is 2. The van der Waals surface area contributed by atoms with Crippen molar-refractivity contribution < 1.29 is 13.2 Å². The summed E-state index contributed by atoms with van der Waals surface area (Å²) < 4.78 is 25.3. The highest BCUT2D eigenvalue weighted by atomic mass is 35.5. The first kappa shape index (κ1) is 18.9. The molecule has 2 aromatic rings. The van der Waals surface area contributed by atoms with Gasteiger partial charge in [0, 0.05) is 22.0 Å². The fraction of sp³-hybridized carbons (Fsp3) is 0.444. The van der Waals surface area contributed by atoms with Gasteiger partial charge in [-0.3, -0.25) is 9.48 Å². The number of halogens is 1. The number of benzene rings is 1. The molecule has 1 aromatic carbocycles. The van der Waals surface area contributed by atoms with Gasteiger partial charge in [-0.1, -0.05) is 17.7 Å². The molecule has 1 fully saturated rings. The van der Waals surface area contributed by atoms with Crippen molar-refractivity contribution in [3.8, 4) is 0 Å². The van der Waals surface area contributed by atoms with Crippen LogP contribution in [0.25, 0.3) is 0 Å². The minimum absolute atomic E-state index is 0.113. The second-order valence-electron chi connectivity index (χ2n) is 6.79. The molecule has 1 amide bonds. The van der Waals surface area contributed by atoms with Crippen LogP contribution in [-0.2, 0) is 21.1 Å². The second kappa shape index (κ2) is 7.04. The zero-order chi connectivity index (χ0) is 19.1. The molecule has 1 aliphatic rings. The molecule has 1 aliphatic heterocycles. The van der Waals surface area contributed by atoms with Crippen molar-refractivity contribution in [2.45, 2.75) is 39.7 Å². The maximum Gasteiger partial charge on any atom is 0.228 e. The van der Waals surface area contributed by atoms with Crippen LogP contribution in [0.3, 0.4) is 0 Å². The van der Waals surface area contributed by atoms with E-state index >= 15 is 0 Å². The first-order valence-electron chi connectivity index (χ1n) is 8.48. The lowest BCUT2D eigenvalue weighted by atomic mass is 10.1. The number of nitrogens with zero attached hydrogens (tertiary/aromatic N) is 2. The van der Waals surface area contributed by atoms with Crippen molar-refractivity contribution in [3.63, 3.8) is 0 Å². The highest BCUT2D eigenvalue weighted by molar-refractivity contribution is 7.91. The largest absolute Gasteiger partial charge is 0.326 e. The molecule has 6 nitrogen and oxygen atoms in total. The summed E-state index contributed by atoms with van der Waals surface area (Å²) in [5.74, 6) is 0.155. The monoisotopic (exact) mass is 395 g/mol. The fourth-order valence-electron chi connectivity index (χ4n) is 3.37. The van der Waals surface area contributed by atoms with E-state index < -0.39 is 9.84 Å². The van der Waals surface area contributed by atoms with Gasteiger partial charge in [-0.15, -0.1) is 0 Å². The topological polar surface area (TPSA) is 81.1 Å². The van der Waals surface area contributed by atoms with E-state index in [1.54, 1.807) is 16.8 Å². The highest BCUT2D eigenvalue weighted by Crippen LogP contribution is 2.27. The van der Waals surface area contributed by atoms with Crippen LogP contribution < -0.4 is 5.32 Å². The van der Waals surface area contributed by atoms with Gasteiger partial charge in [0.1, 0.15) is 0 Å². The number of carbonyl (C=O) groups excluding carboxylic acids is 1. The highest BCUT2D eigenvalue weighted by Gasteiger charge is 2.31. The van der Waals surface area contributed by atoms with Crippen molar-refractivity contribution in [2.24, 2.45) is 0 Å². The maximum absolute atomic E-state index is 12.5. The summed E-state index contributed by atoms with van der Waals surface area (Å²) in [6, 6.07) is 5.23. The van der Waals surface area contributed by atoms with E-state index in [4.69, 9.17) is 11.6 Å². The van der Waals surface area contributed by atoms with E-state index in [0.717, 1.165) is 22.5 Å². The van der Waals surface area contributed by atoms with Crippen LogP contribution in [0.2, 0.25) is 5.02 Å². The Balaban J connectivity index is 1.78. The number of amides is 1. The van der Waals surface area contributed by atoms with E-state index in [2.05, 4.69) is 10.4 Å². The standard InChI is InChI=1S/C18H22ClN3O3S/c1-11-16(19)5-4-6-17(11)20-18(23)9-15-12(2)21-22(13(15)3)14-7-8-26(24,25)10-14/h4-6,14H,7-10H2,1-3H3,(H,20,23). The minimum Gasteiger partial charge on any atom is -0.326 e. The first-order chi connectivity index (χ1) is 12.2. The summed E-state index contributed by atoms with van der Waals surface area (Å²) in [5, 5.41) is 7.99. The molecule has 0 spiro atoms.